The van der Waals surface area contributed by atoms with Gasteiger partial charge in [0, 0.05) is 17.5 Å². The minimum atomic E-state index is -3.69. The highest BCUT2D eigenvalue weighted by molar-refractivity contribution is 8.09. The quantitative estimate of drug-likeness (QED) is 0.769. The number of sulfone groups is 2. The molecule has 0 spiro atoms. The summed E-state index contributed by atoms with van der Waals surface area (Å²) in [5, 5.41) is 0.546. The third kappa shape index (κ3) is 4.56. The highest BCUT2D eigenvalue weighted by atomic mass is 35.5. The smallest absolute Gasteiger partial charge is 0.168 e. The normalized spacial score (nSPS) is 29.3. The van der Waals surface area contributed by atoms with Crippen molar-refractivity contribution in [3.8, 4) is 0 Å². The highest BCUT2D eigenvalue weighted by Crippen LogP contribution is 2.32. The third-order valence-corrected chi connectivity index (χ3v) is 11.0. The van der Waals surface area contributed by atoms with Gasteiger partial charge in [0.25, 0.3) is 0 Å². The summed E-state index contributed by atoms with van der Waals surface area (Å²) < 4.78 is 49.5. The van der Waals surface area contributed by atoms with E-state index < -0.39 is 30.2 Å². The van der Waals surface area contributed by atoms with Crippen molar-refractivity contribution in [3.05, 3.63) is 34.9 Å². The fourth-order valence-electron chi connectivity index (χ4n) is 3.80. The second-order valence-corrected chi connectivity index (χ2v) is 12.2. The van der Waals surface area contributed by atoms with Crippen molar-refractivity contribution in [2.24, 2.45) is 0 Å². The van der Waals surface area contributed by atoms with Gasteiger partial charge in [0.05, 0.1) is 11.5 Å². The molecule has 0 aromatic heterocycles. The molecular weight excluding hydrogens is 382 g/mol. The van der Waals surface area contributed by atoms with Gasteiger partial charge in [0.15, 0.2) is 24.3 Å². The molecule has 25 heavy (non-hydrogen) atoms. The van der Waals surface area contributed by atoms with Gasteiger partial charge in [0.2, 0.25) is 0 Å². The Balaban J connectivity index is 1.74. The van der Waals surface area contributed by atoms with Crippen LogP contribution in [0, 0.1) is 0 Å². The van der Waals surface area contributed by atoms with E-state index in [9.17, 15) is 16.8 Å². The first-order valence-corrected chi connectivity index (χ1v) is 12.5. The Hall–Kier alpha value is -0.630. The van der Waals surface area contributed by atoms with Gasteiger partial charge >= 0.3 is 0 Å². The fraction of sp³-hybridized carbons (Fsp3) is 0.647. The summed E-state index contributed by atoms with van der Waals surface area (Å²) in [4.78, 5) is 2.18. The molecule has 0 bridgehead atoms. The average Bonchev–Trinajstić information content (AvgIpc) is 2.54. The van der Waals surface area contributed by atoms with E-state index >= 15 is 0 Å². The summed E-state index contributed by atoms with van der Waals surface area (Å²) >= 11 is 5.86. The van der Waals surface area contributed by atoms with Crippen LogP contribution in [0.5, 0.6) is 0 Å². The molecule has 5 nitrogen and oxygen atoms in total. The number of halogens is 1. The van der Waals surface area contributed by atoms with Crippen LogP contribution in [0.15, 0.2) is 24.3 Å². The minimum Gasteiger partial charge on any atom is -0.303 e. The molecule has 0 N–H and O–H groups in total. The number of piperidine rings is 1. The Bertz CT molecular complexity index is 764. The standard InChI is InChI=1S/C17H24ClNO4S2/c18-16-6-4-14(5-7-16)15-12-24(20,21)17(25(22,23)13-15)8-11-19-9-2-1-3-10-19/h4-7,15,17H,1-3,8-13H2. The second-order valence-electron chi connectivity index (χ2n) is 7.03. The summed E-state index contributed by atoms with van der Waals surface area (Å²) in [6.07, 6.45) is 3.57. The molecule has 140 valence electrons. The molecule has 1 aromatic carbocycles. The predicted molar refractivity (Wildman–Crippen MR) is 100 cm³/mol. The summed E-state index contributed by atoms with van der Waals surface area (Å²) in [5.41, 5.74) is 0.714. The van der Waals surface area contributed by atoms with E-state index in [0.29, 0.717) is 17.1 Å². The molecule has 2 aliphatic heterocycles. The van der Waals surface area contributed by atoms with E-state index in [1.54, 1.807) is 24.3 Å². The van der Waals surface area contributed by atoms with E-state index in [-0.39, 0.29) is 17.9 Å². The van der Waals surface area contributed by atoms with E-state index in [0.717, 1.165) is 25.9 Å². The van der Waals surface area contributed by atoms with Crippen molar-refractivity contribution in [2.75, 3.05) is 31.1 Å². The third-order valence-electron chi connectivity index (χ3n) is 5.14. The maximum Gasteiger partial charge on any atom is 0.168 e. The fourth-order valence-corrected chi connectivity index (χ4v) is 9.44. The van der Waals surface area contributed by atoms with Crippen molar-refractivity contribution in [1.82, 2.24) is 4.90 Å². The molecule has 2 saturated heterocycles. The van der Waals surface area contributed by atoms with E-state index in [4.69, 9.17) is 11.6 Å². The van der Waals surface area contributed by atoms with Gasteiger partial charge in [-0.25, -0.2) is 16.8 Å². The zero-order valence-corrected chi connectivity index (χ0v) is 16.5. The van der Waals surface area contributed by atoms with E-state index in [1.807, 2.05) is 0 Å². The van der Waals surface area contributed by atoms with E-state index in [2.05, 4.69) is 4.90 Å². The lowest BCUT2D eigenvalue weighted by Crippen LogP contribution is -2.45. The lowest BCUT2D eigenvalue weighted by molar-refractivity contribution is 0.228. The number of rotatable bonds is 4. The topological polar surface area (TPSA) is 71.5 Å². The van der Waals surface area contributed by atoms with Crippen LogP contribution in [0.1, 0.15) is 37.2 Å². The number of hydrogen-bond donors (Lipinski definition) is 0. The highest BCUT2D eigenvalue weighted by Gasteiger charge is 2.45. The molecule has 2 heterocycles. The Morgan fingerprint density at radius 1 is 0.920 bits per heavy atom. The lowest BCUT2D eigenvalue weighted by Gasteiger charge is -2.32. The lowest BCUT2D eigenvalue weighted by atomic mass is 10.0. The molecule has 0 saturated carbocycles. The van der Waals surface area contributed by atoms with Gasteiger partial charge in [0.1, 0.15) is 0 Å². The van der Waals surface area contributed by atoms with Crippen LogP contribution in [0.3, 0.4) is 0 Å². The molecule has 0 unspecified atom stereocenters. The molecule has 2 fully saturated rings. The number of hydrogen-bond acceptors (Lipinski definition) is 5. The zero-order chi connectivity index (χ0) is 18.1. The SMILES string of the molecule is O=S1(=O)CC(c2ccc(Cl)cc2)CS(=O)(=O)C1CCN1CCCCC1. The van der Waals surface area contributed by atoms with Gasteiger partial charge in [-0.05, 0) is 50.0 Å². The predicted octanol–water partition coefficient (Wildman–Crippen LogP) is 2.47. The Labute approximate surface area is 155 Å². The first-order chi connectivity index (χ1) is 11.8. The number of benzene rings is 1. The molecular formula is C17H24ClNO4S2. The molecule has 1 aromatic rings. The van der Waals surface area contributed by atoms with Crippen LogP contribution in [-0.4, -0.2) is 57.5 Å². The van der Waals surface area contributed by atoms with Gasteiger partial charge in [-0.15, -0.1) is 0 Å². The molecule has 8 heteroatoms. The van der Waals surface area contributed by atoms with E-state index in [1.165, 1.54) is 6.42 Å². The van der Waals surface area contributed by atoms with Crippen molar-refractivity contribution in [2.45, 2.75) is 36.2 Å². The van der Waals surface area contributed by atoms with Crippen LogP contribution in [0.25, 0.3) is 0 Å². The van der Waals surface area contributed by atoms with Crippen LogP contribution >= 0.6 is 11.6 Å². The maximum absolute atomic E-state index is 12.7. The van der Waals surface area contributed by atoms with Crippen molar-refractivity contribution in [3.63, 3.8) is 0 Å². The second kappa shape index (κ2) is 7.55. The first kappa shape index (κ1) is 19.1. The molecule has 0 amide bonds. The molecule has 3 rings (SSSR count). The summed E-state index contributed by atoms with van der Waals surface area (Å²) in [5.74, 6) is -0.740. The van der Waals surface area contributed by atoms with Crippen LogP contribution < -0.4 is 0 Å². The van der Waals surface area contributed by atoms with Gasteiger partial charge in [-0.1, -0.05) is 30.2 Å². The van der Waals surface area contributed by atoms with Gasteiger partial charge in [-0.2, -0.15) is 0 Å². The van der Waals surface area contributed by atoms with Crippen LogP contribution in [0.4, 0.5) is 0 Å². The van der Waals surface area contributed by atoms with Crippen LogP contribution in [0.2, 0.25) is 5.02 Å². The maximum atomic E-state index is 12.7. The molecule has 0 radical (unpaired) electrons. The van der Waals surface area contributed by atoms with Gasteiger partial charge in [-0.3, -0.25) is 0 Å². The molecule has 2 aliphatic rings. The minimum absolute atomic E-state index is 0.113. The Morgan fingerprint density at radius 3 is 2.04 bits per heavy atom. The summed E-state index contributed by atoms with van der Waals surface area (Å²) in [7, 11) is -7.37. The Kier molecular flexibility index (Phi) is 5.78. The largest absolute Gasteiger partial charge is 0.303 e. The van der Waals surface area contributed by atoms with Gasteiger partial charge < -0.3 is 4.90 Å². The molecule has 0 atom stereocenters. The first-order valence-electron chi connectivity index (χ1n) is 8.69. The summed E-state index contributed by atoms with van der Waals surface area (Å²) in [6, 6.07) is 6.76. The average molecular weight is 406 g/mol. The van der Waals surface area contributed by atoms with Crippen LogP contribution in [-0.2, 0) is 19.7 Å². The molecule has 0 aliphatic carbocycles. The van der Waals surface area contributed by atoms with Crippen molar-refractivity contribution < 1.29 is 16.8 Å². The number of likely N-dealkylation sites (tertiary alicyclic amines) is 1. The Morgan fingerprint density at radius 2 is 1.48 bits per heavy atom. The summed E-state index contributed by atoms with van der Waals surface area (Å²) in [6.45, 7) is 2.40. The van der Waals surface area contributed by atoms with Crippen molar-refractivity contribution >= 4 is 31.3 Å². The number of nitrogens with zero attached hydrogens (tertiary/aromatic N) is 1. The van der Waals surface area contributed by atoms with Crippen molar-refractivity contribution in [1.29, 1.82) is 0 Å². The zero-order valence-electron chi connectivity index (χ0n) is 14.1. The monoisotopic (exact) mass is 405 g/mol.